The average molecular weight is 246 g/mol. The molecule has 2 heterocycles. The normalized spacial score (nSPS) is 27.4. The van der Waals surface area contributed by atoms with Gasteiger partial charge in [-0.05, 0) is 5.57 Å². The smallest absolute Gasteiger partial charge is 0.163 e. The summed E-state index contributed by atoms with van der Waals surface area (Å²) >= 11 is 0. The van der Waals surface area contributed by atoms with Crippen LogP contribution in [0.4, 0.5) is 0 Å². The number of rotatable bonds is 3. The summed E-state index contributed by atoms with van der Waals surface area (Å²) in [6.07, 6.45) is 4.81. The van der Waals surface area contributed by atoms with Gasteiger partial charge in [0.15, 0.2) is 5.65 Å². The third kappa shape index (κ3) is 1.39. The predicted molar refractivity (Wildman–Crippen MR) is 64.7 cm³/mol. The molecule has 6 heteroatoms. The lowest BCUT2D eigenvalue weighted by Gasteiger charge is -2.46. The molecule has 0 amide bonds. The summed E-state index contributed by atoms with van der Waals surface area (Å²) < 4.78 is 1.90. The van der Waals surface area contributed by atoms with Gasteiger partial charge in [0.2, 0.25) is 0 Å². The van der Waals surface area contributed by atoms with E-state index in [0.717, 1.165) is 16.7 Å². The van der Waals surface area contributed by atoms with Gasteiger partial charge in [0.25, 0.3) is 0 Å². The van der Waals surface area contributed by atoms with Crippen LogP contribution in [0.15, 0.2) is 31.0 Å². The van der Waals surface area contributed by atoms with Gasteiger partial charge in [0.05, 0.1) is 25.2 Å². The Bertz CT molecular complexity index is 595. The minimum atomic E-state index is -0.0490. The van der Waals surface area contributed by atoms with Crippen molar-refractivity contribution in [2.45, 2.75) is 6.04 Å². The molecule has 0 bridgehead atoms. The number of hydrogen-bond donors (Lipinski definition) is 2. The first-order chi connectivity index (χ1) is 8.77. The van der Waals surface area contributed by atoms with Crippen LogP contribution in [-0.2, 0) is 0 Å². The summed E-state index contributed by atoms with van der Waals surface area (Å²) in [5, 5.41) is 18.7. The van der Waals surface area contributed by atoms with E-state index >= 15 is 0 Å². The van der Waals surface area contributed by atoms with Crippen molar-refractivity contribution in [1.29, 1.82) is 0 Å². The maximum atomic E-state index is 9.43. The van der Waals surface area contributed by atoms with Gasteiger partial charge in [-0.3, -0.25) is 0 Å². The standard InChI is InChI=1S/C12H14N4O2/c1-7-8(3-17)9(4-18)11(7)16-6-15-10-2-13-5-14-12(10)16/h2,5-6,8-9,11,17-18H,1,3-4H2/t8-,9+,11+/m1/s1. The monoisotopic (exact) mass is 246 g/mol. The molecule has 2 N–H and O–H groups in total. The third-order valence-electron chi connectivity index (χ3n) is 3.72. The van der Waals surface area contributed by atoms with E-state index in [1.165, 1.54) is 6.33 Å². The van der Waals surface area contributed by atoms with Crippen LogP contribution in [0.2, 0.25) is 0 Å². The van der Waals surface area contributed by atoms with Crippen molar-refractivity contribution in [2.24, 2.45) is 11.8 Å². The zero-order valence-corrected chi connectivity index (χ0v) is 9.77. The molecule has 1 aliphatic rings. The van der Waals surface area contributed by atoms with Gasteiger partial charge in [0, 0.05) is 18.4 Å². The molecule has 0 saturated heterocycles. The second kappa shape index (κ2) is 4.15. The van der Waals surface area contributed by atoms with Crippen LogP contribution >= 0.6 is 0 Å². The molecular formula is C12H14N4O2. The predicted octanol–water partition coefficient (Wildman–Crippen LogP) is 0.154. The van der Waals surface area contributed by atoms with Crippen molar-refractivity contribution in [3.05, 3.63) is 31.0 Å². The minimum Gasteiger partial charge on any atom is -0.396 e. The van der Waals surface area contributed by atoms with E-state index in [1.54, 1.807) is 12.5 Å². The van der Waals surface area contributed by atoms with E-state index in [0.29, 0.717) is 0 Å². The highest BCUT2D eigenvalue weighted by molar-refractivity contribution is 5.69. The Kier molecular flexibility index (Phi) is 2.61. The molecule has 2 aromatic heterocycles. The average Bonchev–Trinajstić information content (AvgIpc) is 2.80. The molecule has 1 saturated carbocycles. The van der Waals surface area contributed by atoms with Crippen LogP contribution in [0, 0.1) is 11.8 Å². The van der Waals surface area contributed by atoms with Gasteiger partial charge >= 0.3 is 0 Å². The number of fused-ring (bicyclic) bond motifs is 1. The minimum absolute atomic E-state index is 0.0136. The summed E-state index contributed by atoms with van der Waals surface area (Å²) in [5.41, 5.74) is 2.36. The number of aromatic nitrogens is 4. The molecule has 0 spiro atoms. The molecule has 18 heavy (non-hydrogen) atoms. The highest BCUT2D eigenvalue weighted by atomic mass is 16.3. The maximum Gasteiger partial charge on any atom is 0.163 e. The van der Waals surface area contributed by atoms with Crippen LogP contribution in [0.5, 0.6) is 0 Å². The summed E-state index contributed by atoms with van der Waals surface area (Å²) in [6.45, 7) is 4.02. The maximum absolute atomic E-state index is 9.43. The number of aliphatic hydroxyl groups is 2. The van der Waals surface area contributed by atoms with Gasteiger partial charge in [0.1, 0.15) is 11.8 Å². The van der Waals surface area contributed by atoms with Crippen molar-refractivity contribution in [1.82, 2.24) is 19.5 Å². The topological polar surface area (TPSA) is 84.1 Å². The number of hydrogen-bond acceptors (Lipinski definition) is 5. The van der Waals surface area contributed by atoms with Crippen LogP contribution in [-0.4, -0.2) is 42.9 Å². The molecule has 1 aliphatic carbocycles. The number of imidazole rings is 1. The Hall–Kier alpha value is -1.79. The Morgan fingerprint density at radius 3 is 2.83 bits per heavy atom. The lowest BCUT2D eigenvalue weighted by Crippen LogP contribution is -2.44. The van der Waals surface area contributed by atoms with E-state index in [-0.39, 0.29) is 31.1 Å². The van der Waals surface area contributed by atoms with Crippen LogP contribution in [0.1, 0.15) is 6.04 Å². The van der Waals surface area contributed by atoms with Crippen molar-refractivity contribution in [3.8, 4) is 0 Å². The molecular weight excluding hydrogens is 232 g/mol. The van der Waals surface area contributed by atoms with Crippen molar-refractivity contribution < 1.29 is 10.2 Å². The fourth-order valence-corrected chi connectivity index (χ4v) is 2.72. The molecule has 6 nitrogen and oxygen atoms in total. The number of nitrogens with zero attached hydrogens (tertiary/aromatic N) is 4. The number of aliphatic hydroxyl groups excluding tert-OH is 2. The molecule has 0 unspecified atom stereocenters. The molecule has 3 atom stereocenters. The first-order valence-corrected chi connectivity index (χ1v) is 5.81. The first kappa shape index (κ1) is 11.3. The van der Waals surface area contributed by atoms with E-state index < -0.39 is 0 Å². The quantitative estimate of drug-likeness (QED) is 0.753. The second-order valence-corrected chi connectivity index (χ2v) is 4.54. The van der Waals surface area contributed by atoms with Gasteiger partial charge in [-0.2, -0.15) is 0 Å². The van der Waals surface area contributed by atoms with Crippen LogP contribution in [0.3, 0.4) is 0 Å². The molecule has 94 valence electrons. The summed E-state index contributed by atoms with van der Waals surface area (Å²) in [5.74, 6) is -0.0749. The molecule has 2 aromatic rings. The molecule has 1 fully saturated rings. The SMILES string of the molecule is C=C1[C@@H](CO)[C@H](CO)[C@H]1n1cnc2cncnc21. The molecule has 0 aromatic carbocycles. The zero-order valence-electron chi connectivity index (χ0n) is 9.77. The molecule has 0 aliphatic heterocycles. The van der Waals surface area contributed by atoms with Gasteiger partial charge in [-0.1, -0.05) is 6.58 Å². The third-order valence-corrected chi connectivity index (χ3v) is 3.72. The Morgan fingerprint density at radius 1 is 1.28 bits per heavy atom. The summed E-state index contributed by atoms with van der Waals surface area (Å²) in [7, 11) is 0. The summed E-state index contributed by atoms with van der Waals surface area (Å²) in [4.78, 5) is 12.4. The Morgan fingerprint density at radius 2 is 2.11 bits per heavy atom. The second-order valence-electron chi connectivity index (χ2n) is 4.54. The molecule has 3 rings (SSSR count). The van der Waals surface area contributed by atoms with E-state index in [2.05, 4.69) is 21.5 Å². The lowest BCUT2D eigenvalue weighted by molar-refractivity contribution is 0.0536. The van der Waals surface area contributed by atoms with Crippen molar-refractivity contribution >= 4 is 11.2 Å². The van der Waals surface area contributed by atoms with Crippen molar-refractivity contribution in [2.75, 3.05) is 13.2 Å². The van der Waals surface area contributed by atoms with E-state index in [1.807, 2.05) is 4.57 Å². The highest BCUT2D eigenvalue weighted by Crippen LogP contribution is 2.48. The fourth-order valence-electron chi connectivity index (χ4n) is 2.72. The van der Waals surface area contributed by atoms with Gasteiger partial charge in [-0.25, -0.2) is 15.0 Å². The first-order valence-electron chi connectivity index (χ1n) is 5.81. The highest BCUT2D eigenvalue weighted by Gasteiger charge is 2.45. The van der Waals surface area contributed by atoms with E-state index in [4.69, 9.17) is 0 Å². The fraction of sp³-hybridized carbons (Fsp3) is 0.417. The largest absolute Gasteiger partial charge is 0.396 e. The van der Waals surface area contributed by atoms with Crippen molar-refractivity contribution in [3.63, 3.8) is 0 Å². The Balaban J connectivity index is 2.03. The molecule has 0 radical (unpaired) electrons. The summed E-state index contributed by atoms with van der Waals surface area (Å²) in [6, 6.07) is -0.0490. The zero-order chi connectivity index (χ0) is 12.7. The van der Waals surface area contributed by atoms with Crippen LogP contribution in [0.25, 0.3) is 11.2 Å². The van der Waals surface area contributed by atoms with Gasteiger partial charge in [-0.15, -0.1) is 0 Å². The van der Waals surface area contributed by atoms with E-state index in [9.17, 15) is 10.2 Å². The van der Waals surface area contributed by atoms with Gasteiger partial charge < -0.3 is 14.8 Å². The van der Waals surface area contributed by atoms with Crippen LogP contribution < -0.4 is 0 Å². The lowest BCUT2D eigenvalue weighted by atomic mass is 9.66. The Labute approximate surface area is 104 Å².